The number of rotatable bonds is 3. The number of halogens is 1. The van der Waals surface area contributed by atoms with E-state index >= 15 is 0 Å². The smallest absolute Gasteiger partial charge is 0.244 e. The van der Waals surface area contributed by atoms with E-state index in [-0.39, 0.29) is 29.8 Å². The summed E-state index contributed by atoms with van der Waals surface area (Å²) < 4.78 is 13.6. The first-order valence-corrected chi connectivity index (χ1v) is 8.56. The number of carbonyl (C=O) groups excluding carboxylic acids is 1. The van der Waals surface area contributed by atoms with Gasteiger partial charge in [0.15, 0.2) is 0 Å². The maximum atomic E-state index is 13.6. The van der Waals surface area contributed by atoms with E-state index in [0.717, 1.165) is 30.5 Å². The summed E-state index contributed by atoms with van der Waals surface area (Å²) in [4.78, 5) is 14.7. The van der Waals surface area contributed by atoms with Crippen LogP contribution in [0.2, 0.25) is 0 Å². The molecule has 24 heavy (non-hydrogen) atoms. The fraction of sp³-hybridized carbons (Fsp3) is 0.350. The Morgan fingerprint density at radius 3 is 2.71 bits per heavy atom. The summed E-state index contributed by atoms with van der Waals surface area (Å²) in [6, 6.07) is 14.8. The molecule has 1 heterocycles. The van der Waals surface area contributed by atoms with Gasteiger partial charge in [-0.2, -0.15) is 0 Å². The normalized spacial score (nSPS) is 26.0. The van der Waals surface area contributed by atoms with Crippen LogP contribution in [0.1, 0.15) is 36.9 Å². The highest BCUT2D eigenvalue weighted by Gasteiger charge is 2.39. The van der Waals surface area contributed by atoms with E-state index in [1.54, 1.807) is 6.07 Å². The Bertz CT molecular complexity index is 761. The Kier molecular flexibility index (Phi) is 3.85. The van der Waals surface area contributed by atoms with Crippen molar-refractivity contribution in [3.8, 4) is 0 Å². The van der Waals surface area contributed by atoms with E-state index < -0.39 is 0 Å². The van der Waals surface area contributed by atoms with E-state index in [9.17, 15) is 9.18 Å². The largest absolute Gasteiger partial charge is 0.308 e. The maximum absolute atomic E-state index is 13.6. The van der Waals surface area contributed by atoms with Crippen molar-refractivity contribution < 1.29 is 9.18 Å². The average Bonchev–Trinajstić information content (AvgIpc) is 3.09. The van der Waals surface area contributed by atoms with E-state index in [0.29, 0.717) is 0 Å². The molecular weight excluding hydrogens is 303 g/mol. The molecule has 0 spiro atoms. The molecular formula is C20H21FN2O. The third-order valence-corrected chi connectivity index (χ3v) is 5.18. The number of anilines is 1. The van der Waals surface area contributed by atoms with Crippen molar-refractivity contribution in [1.29, 1.82) is 0 Å². The Labute approximate surface area is 141 Å². The van der Waals surface area contributed by atoms with Crippen molar-refractivity contribution >= 4 is 11.6 Å². The number of hydrogen-bond acceptors (Lipinski definition) is 2. The van der Waals surface area contributed by atoms with Crippen molar-refractivity contribution in [3.63, 3.8) is 0 Å². The highest BCUT2D eigenvalue weighted by atomic mass is 19.1. The number of para-hydroxylation sites is 1. The van der Waals surface area contributed by atoms with Crippen molar-refractivity contribution in [3.05, 3.63) is 65.5 Å². The van der Waals surface area contributed by atoms with Gasteiger partial charge in [0.1, 0.15) is 5.82 Å². The van der Waals surface area contributed by atoms with Crippen LogP contribution >= 0.6 is 0 Å². The summed E-state index contributed by atoms with van der Waals surface area (Å²) >= 11 is 0. The van der Waals surface area contributed by atoms with Crippen molar-refractivity contribution in [1.82, 2.24) is 5.32 Å². The molecule has 2 aromatic rings. The SMILES string of the molecule is CC1CC(NC2CCc3ccc(F)cc32)C(=O)N1c1ccccc1. The molecule has 1 amide bonds. The highest BCUT2D eigenvalue weighted by molar-refractivity contribution is 6.00. The second kappa shape index (κ2) is 6.02. The zero-order valence-electron chi connectivity index (χ0n) is 13.7. The molecule has 1 aliphatic heterocycles. The summed E-state index contributed by atoms with van der Waals surface area (Å²) in [7, 11) is 0. The van der Waals surface area contributed by atoms with Crippen LogP contribution in [0.4, 0.5) is 10.1 Å². The fourth-order valence-corrected chi connectivity index (χ4v) is 4.03. The van der Waals surface area contributed by atoms with E-state index in [4.69, 9.17) is 0 Å². The van der Waals surface area contributed by atoms with E-state index in [1.807, 2.05) is 41.3 Å². The zero-order chi connectivity index (χ0) is 16.7. The number of amides is 1. The number of hydrogen-bond donors (Lipinski definition) is 1. The van der Waals surface area contributed by atoms with Crippen LogP contribution in [-0.4, -0.2) is 18.0 Å². The summed E-state index contributed by atoms with van der Waals surface area (Å²) in [5.41, 5.74) is 3.14. The third kappa shape index (κ3) is 2.61. The van der Waals surface area contributed by atoms with Gasteiger partial charge in [-0.25, -0.2) is 4.39 Å². The van der Waals surface area contributed by atoms with Gasteiger partial charge in [0, 0.05) is 17.8 Å². The van der Waals surface area contributed by atoms with Gasteiger partial charge in [0.25, 0.3) is 0 Å². The lowest BCUT2D eigenvalue weighted by Gasteiger charge is -2.22. The summed E-state index contributed by atoms with van der Waals surface area (Å²) in [6.07, 6.45) is 2.63. The predicted molar refractivity (Wildman–Crippen MR) is 92.4 cm³/mol. The standard InChI is InChI=1S/C20H21FN2O/c1-13-11-19(20(24)23(13)16-5-3-2-4-6-16)22-18-10-8-14-7-9-15(21)12-17(14)18/h2-7,9,12-13,18-19,22H,8,10-11H2,1H3. The zero-order valence-corrected chi connectivity index (χ0v) is 13.7. The molecule has 0 bridgehead atoms. The number of nitrogens with one attached hydrogen (secondary N) is 1. The number of fused-ring (bicyclic) bond motifs is 1. The number of benzene rings is 2. The monoisotopic (exact) mass is 324 g/mol. The molecule has 0 aromatic heterocycles. The first kappa shape index (κ1) is 15.3. The molecule has 4 heteroatoms. The molecule has 2 aliphatic rings. The van der Waals surface area contributed by atoms with Gasteiger partial charge in [0.2, 0.25) is 5.91 Å². The summed E-state index contributed by atoms with van der Waals surface area (Å²) in [5.74, 6) is -0.0990. The minimum atomic E-state index is -0.209. The molecule has 1 saturated heterocycles. The molecule has 124 valence electrons. The Morgan fingerprint density at radius 1 is 1.12 bits per heavy atom. The van der Waals surface area contributed by atoms with Gasteiger partial charge in [-0.1, -0.05) is 24.3 Å². The molecule has 1 N–H and O–H groups in total. The average molecular weight is 324 g/mol. The second-order valence-corrected chi connectivity index (χ2v) is 6.78. The first-order valence-electron chi connectivity index (χ1n) is 8.56. The molecule has 2 aromatic carbocycles. The molecule has 1 aliphatic carbocycles. The lowest BCUT2D eigenvalue weighted by Crippen LogP contribution is -2.40. The van der Waals surface area contributed by atoms with Gasteiger partial charge in [-0.3, -0.25) is 10.1 Å². The van der Waals surface area contributed by atoms with E-state index in [2.05, 4.69) is 12.2 Å². The topological polar surface area (TPSA) is 32.3 Å². The first-order chi connectivity index (χ1) is 11.6. The summed E-state index contributed by atoms with van der Waals surface area (Å²) in [5, 5.41) is 3.48. The van der Waals surface area contributed by atoms with Crippen LogP contribution in [0, 0.1) is 5.82 Å². The molecule has 4 rings (SSSR count). The van der Waals surface area contributed by atoms with Gasteiger partial charge < -0.3 is 4.90 Å². The van der Waals surface area contributed by atoms with E-state index in [1.165, 1.54) is 11.6 Å². The minimum Gasteiger partial charge on any atom is -0.308 e. The predicted octanol–water partition coefficient (Wildman–Crippen LogP) is 3.60. The van der Waals surface area contributed by atoms with Gasteiger partial charge >= 0.3 is 0 Å². The van der Waals surface area contributed by atoms with Crippen molar-refractivity contribution in [2.24, 2.45) is 0 Å². The third-order valence-electron chi connectivity index (χ3n) is 5.18. The minimum absolute atomic E-state index is 0.0626. The maximum Gasteiger partial charge on any atom is 0.244 e. The fourth-order valence-electron chi connectivity index (χ4n) is 4.03. The van der Waals surface area contributed by atoms with Crippen molar-refractivity contribution in [2.75, 3.05) is 4.90 Å². The highest BCUT2D eigenvalue weighted by Crippen LogP contribution is 2.34. The van der Waals surface area contributed by atoms with Crippen LogP contribution in [-0.2, 0) is 11.2 Å². The Morgan fingerprint density at radius 2 is 1.92 bits per heavy atom. The Balaban J connectivity index is 1.53. The van der Waals surface area contributed by atoms with Crippen LogP contribution in [0.25, 0.3) is 0 Å². The van der Waals surface area contributed by atoms with Crippen LogP contribution in [0.15, 0.2) is 48.5 Å². The number of carbonyl (C=O) groups is 1. The lowest BCUT2D eigenvalue weighted by molar-refractivity contribution is -0.119. The van der Waals surface area contributed by atoms with Gasteiger partial charge in [-0.05, 0) is 61.6 Å². The van der Waals surface area contributed by atoms with Crippen molar-refractivity contribution in [2.45, 2.75) is 44.3 Å². The number of nitrogens with zero attached hydrogens (tertiary/aromatic N) is 1. The molecule has 3 nitrogen and oxygen atoms in total. The molecule has 3 unspecified atom stereocenters. The van der Waals surface area contributed by atoms with Gasteiger partial charge in [-0.15, -0.1) is 0 Å². The molecule has 0 radical (unpaired) electrons. The lowest BCUT2D eigenvalue weighted by atomic mass is 10.1. The van der Waals surface area contributed by atoms with Crippen LogP contribution in [0.3, 0.4) is 0 Å². The van der Waals surface area contributed by atoms with Crippen LogP contribution in [0.5, 0.6) is 0 Å². The van der Waals surface area contributed by atoms with Crippen LogP contribution < -0.4 is 10.2 Å². The molecule has 3 atom stereocenters. The molecule has 0 saturated carbocycles. The second-order valence-electron chi connectivity index (χ2n) is 6.78. The van der Waals surface area contributed by atoms with Gasteiger partial charge in [0.05, 0.1) is 6.04 Å². The number of aryl methyl sites for hydroxylation is 1. The molecule has 1 fully saturated rings. The Hall–Kier alpha value is -2.20. The quantitative estimate of drug-likeness (QED) is 0.936. The summed E-state index contributed by atoms with van der Waals surface area (Å²) in [6.45, 7) is 2.08.